The highest BCUT2D eigenvalue weighted by Crippen LogP contribution is 2.34. The lowest BCUT2D eigenvalue weighted by molar-refractivity contribution is 0.0950. The summed E-state index contributed by atoms with van der Waals surface area (Å²) in [5.41, 5.74) is 4.08. The number of methoxy groups -OCH3 is 3. The van der Waals surface area contributed by atoms with E-state index in [9.17, 15) is 4.79 Å². The van der Waals surface area contributed by atoms with Crippen LogP contribution in [0.3, 0.4) is 0 Å². The summed E-state index contributed by atoms with van der Waals surface area (Å²) < 4.78 is 24.0. The zero-order valence-electron chi connectivity index (χ0n) is 19.6. The average Bonchev–Trinajstić information content (AvgIpc) is 3.27. The third-order valence-electron chi connectivity index (χ3n) is 5.36. The van der Waals surface area contributed by atoms with E-state index in [1.807, 2.05) is 41.9 Å². The van der Waals surface area contributed by atoms with E-state index in [1.165, 1.54) is 0 Å². The molecule has 0 aliphatic heterocycles. The number of fused-ring (bicyclic) bond motifs is 1. The Hall–Kier alpha value is -4.20. The first-order valence-electron chi connectivity index (χ1n) is 10.7. The maximum Gasteiger partial charge on any atom is 0.251 e. The summed E-state index contributed by atoms with van der Waals surface area (Å²) in [6.07, 6.45) is 3.96. The third-order valence-corrected chi connectivity index (χ3v) is 5.36. The summed E-state index contributed by atoms with van der Waals surface area (Å²) in [5, 5.41) is 2.92. The molecule has 0 unspecified atom stereocenters. The first-order valence-corrected chi connectivity index (χ1v) is 10.7. The number of aromatic nitrogens is 2. The van der Waals surface area contributed by atoms with Gasteiger partial charge in [0, 0.05) is 36.1 Å². The van der Waals surface area contributed by atoms with Crippen molar-refractivity contribution in [3.63, 3.8) is 0 Å². The second kappa shape index (κ2) is 10.2. The summed E-state index contributed by atoms with van der Waals surface area (Å²) >= 11 is 0. The van der Waals surface area contributed by atoms with Crippen molar-refractivity contribution in [1.29, 1.82) is 0 Å². The van der Waals surface area contributed by atoms with Gasteiger partial charge in [-0.3, -0.25) is 4.79 Å². The van der Waals surface area contributed by atoms with Crippen LogP contribution in [-0.2, 0) is 13.2 Å². The molecule has 0 radical (unpaired) electrons. The molecular weight excluding hydrogens is 434 g/mol. The molecule has 2 aromatic carbocycles. The van der Waals surface area contributed by atoms with Crippen molar-refractivity contribution in [1.82, 2.24) is 14.7 Å². The number of carbonyl (C=O) groups is 1. The first kappa shape index (κ1) is 23.0. The van der Waals surface area contributed by atoms with Crippen molar-refractivity contribution in [2.45, 2.75) is 20.1 Å². The lowest BCUT2D eigenvalue weighted by atomic mass is 10.1. The molecule has 0 spiro atoms. The molecule has 4 rings (SSSR count). The fourth-order valence-corrected chi connectivity index (χ4v) is 3.62. The molecule has 0 saturated heterocycles. The molecule has 34 heavy (non-hydrogen) atoms. The zero-order valence-corrected chi connectivity index (χ0v) is 19.6. The van der Waals surface area contributed by atoms with Crippen LogP contribution in [0.2, 0.25) is 0 Å². The lowest BCUT2D eigenvalue weighted by Crippen LogP contribution is -2.23. The SMILES string of the molecule is COc1cc(OC)c(OC)cc1CNC(=O)c1cccc(OCc2cn3cc(C)ccc3n2)c1. The predicted molar refractivity (Wildman–Crippen MR) is 128 cm³/mol. The van der Waals surface area contributed by atoms with Gasteiger partial charge in [0.2, 0.25) is 0 Å². The average molecular weight is 462 g/mol. The molecule has 176 valence electrons. The van der Waals surface area contributed by atoms with Crippen LogP contribution in [0.25, 0.3) is 5.65 Å². The topological polar surface area (TPSA) is 83.3 Å². The van der Waals surface area contributed by atoms with Gasteiger partial charge in [-0.2, -0.15) is 0 Å². The van der Waals surface area contributed by atoms with Gasteiger partial charge in [0.05, 0.1) is 27.0 Å². The van der Waals surface area contributed by atoms with Gasteiger partial charge in [0.1, 0.15) is 23.8 Å². The molecule has 8 heteroatoms. The fraction of sp³-hybridized carbons (Fsp3) is 0.231. The van der Waals surface area contributed by atoms with Gasteiger partial charge in [-0.15, -0.1) is 0 Å². The Kier molecular flexibility index (Phi) is 6.87. The minimum absolute atomic E-state index is 0.231. The number of nitrogens with one attached hydrogen (secondary N) is 1. The van der Waals surface area contributed by atoms with Crippen molar-refractivity contribution >= 4 is 11.6 Å². The number of aryl methyl sites for hydroxylation is 1. The number of imidazole rings is 1. The van der Waals surface area contributed by atoms with Gasteiger partial charge < -0.3 is 28.7 Å². The van der Waals surface area contributed by atoms with Gasteiger partial charge in [0.25, 0.3) is 5.91 Å². The zero-order chi connectivity index (χ0) is 24.1. The number of amides is 1. The van der Waals surface area contributed by atoms with Crippen LogP contribution >= 0.6 is 0 Å². The van der Waals surface area contributed by atoms with Gasteiger partial charge in [-0.1, -0.05) is 12.1 Å². The minimum atomic E-state index is -0.231. The monoisotopic (exact) mass is 461 g/mol. The molecule has 0 bridgehead atoms. The van der Waals surface area contributed by atoms with Gasteiger partial charge in [-0.05, 0) is 42.8 Å². The molecule has 1 amide bonds. The molecule has 1 N–H and O–H groups in total. The second-order valence-corrected chi connectivity index (χ2v) is 7.72. The minimum Gasteiger partial charge on any atom is -0.496 e. The summed E-state index contributed by atoms with van der Waals surface area (Å²) in [6, 6.07) is 14.6. The van der Waals surface area contributed by atoms with Crippen LogP contribution < -0.4 is 24.3 Å². The third kappa shape index (κ3) is 5.06. The number of nitrogens with zero attached hydrogens (tertiary/aromatic N) is 2. The molecule has 0 aliphatic rings. The van der Waals surface area contributed by atoms with Crippen LogP contribution in [-0.4, -0.2) is 36.6 Å². The summed E-state index contributed by atoms with van der Waals surface area (Å²) in [6.45, 7) is 2.59. The number of pyridine rings is 1. The highest BCUT2D eigenvalue weighted by atomic mass is 16.5. The van der Waals surface area contributed by atoms with E-state index in [0.717, 1.165) is 22.5 Å². The van der Waals surface area contributed by atoms with Crippen LogP contribution in [0.1, 0.15) is 27.2 Å². The lowest BCUT2D eigenvalue weighted by Gasteiger charge is -2.14. The normalized spacial score (nSPS) is 10.7. The van der Waals surface area contributed by atoms with Crippen LogP contribution in [0.15, 0.2) is 60.9 Å². The Labute approximate surface area is 198 Å². The second-order valence-electron chi connectivity index (χ2n) is 7.72. The molecule has 8 nitrogen and oxygen atoms in total. The van der Waals surface area contributed by atoms with Gasteiger partial charge >= 0.3 is 0 Å². The Bertz CT molecular complexity index is 1320. The number of benzene rings is 2. The van der Waals surface area contributed by atoms with Gasteiger partial charge in [0.15, 0.2) is 11.5 Å². The fourth-order valence-electron chi connectivity index (χ4n) is 3.62. The number of rotatable bonds is 9. The molecular formula is C26H27N3O5. The molecule has 0 aliphatic carbocycles. The number of ether oxygens (including phenoxy) is 4. The van der Waals surface area contributed by atoms with E-state index in [-0.39, 0.29) is 12.5 Å². The summed E-state index contributed by atoms with van der Waals surface area (Å²) in [5.74, 6) is 2.07. The molecule has 2 heterocycles. The van der Waals surface area contributed by atoms with Crippen molar-refractivity contribution in [2.24, 2.45) is 0 Å². The van der Waals surface area contributed by atoms with Crippen molar-refractivity contribution in [3.05, 3.63) is 83.3 Å². The summed E-state index contributed by atoms with van der Waals surface area (Å²) in [7, 11) is 4.69. The smallest absolute Gasteiger partial charge is 0.251 e. The van der Waals surface area contributed by atoms with Crippen molar-refractivity contribution in [3.8, 4) is 23.0 Å². The maximum atomic E-state index is 12.8. The Morgan fingerprint density at radius 2 is 1.71 bits per heavy atom. The number of hydrogen-bond donors (Lipinski definition) is 1. The van der Waals surface area contributed by atoms with Crippen LogP contribution in [0.4, 0.5) is 0 Å². The molecule has 0 atom stereocenters. The first-order chi connectivity index (χ1) is 16.5. The van der Waals surface area contributed by atoms with E-state index >= 15 is 0 Å². The van der Waals surface area contributed by atoms with Crippen LogP contribution in [0.5, 0.6) is 23.0 Å². The number of carbonyl (C=O) groups excluding carboxylic acids is 1. The van der Waals surface area contributed by atoms with Crippen molar-refractivity contribution in [2.75, 3.05) is 21.3 Å². The van der Waals surface area contributed by atoms with Crippen molar-refractivity contribution < 1.29 is 23.7 Å². The van der Waals surface area contributed by atoms with Crippen LogP contribution in [0, 0.1) is 6.92 Å². The predicted octanol–water partition coefficient (Wildman–Crippen LogP) is 4.18. The van der Waals surface area contributed by atoms with E-state index in [0.29, 0.717) is 35.2 Å². The quantitative estimate of drug-likeness (QED) is 0.403. The highest BCUT2D eigenvalue weighted by Gasteiger charge is 2.14. The molecule has 2 aromatic heterocycles. The standard InChI is InChI=1S/C26H27N3O5/c1-17-8-9-25-28-20(15-29(25)14-17)16-34-21-7-5-6-18(10-21)26(30)27-13-19-11-23(32-3)24(33-4)12-22(19)31-2/h5-12,14-15H,13,16H2,1-4H3,(H,27,30). The Morgan fingerprint density at radius 1 is 0.941 bits per heavy atom. The number of hydrogen-bond acceptors (Lipinski definition) is 6. The van der Waals surface area contributed by atoms with E-state index in [4.69, 9.17) is 18.9 Å². The maximum absolute atomic E-state index is 12.8. The van der Waals surface area contributed by atoms with Gasteiger partial charge in [-0.25, -0.2) is 4.98 Å². The summed E-state index contributed by atoms with van der Waals surface area (Å²) in [4.78, 5) is 17.4. The van der Waals surface area contributed by atoms with E-state index in [1.54, 1.807) is 51.7 Å². The molecule has 0 saturated carbocycles. The van der Waals surface area contributed by atoms with E-state index < -0.39 is 0 Å². The molecule has 4 aromatic rings. The Balaban J connectivity index is 1.41. The Morgan fingerprint density at radius 3 is 2.47 bits per heavy atom. The van der Waals surface area contributed by atoms with E-state index in [2.05, 4.69) is 10.3 Å². The highest BCUT2D eigenvalue weighted by molar-refractivity contribution is 5.94. The molecule has 0 fully saturated rings. The largest absolute Gasteiger partial charge is 0.496 e.